The molecule has 0 unspecified atom stereocenters. The van der Waals surface area contributed by atoms with Crippen LogP contribution in [0.25, 0.3) is 10.9 Å². The van der Waals surface area contributed by atoms with Crippen LogP contribution in [-0.4, -0.2) is 4.57 Å². The van der Waals surface area contributed by atoms with Gasteiger partial charge in [-0.05, 0) is 73.9 Å². The van der Waals surface area contributed by atoms with E-state index in [2.05, 4.69) is 143 Å². The summed E-state index contributed by atoms with van der Waals surface area (Å²) in [6, 6.07) is 34.8. The Bertz CT molecular complexity index is 1410. The highest BCUT2D eigenvalue weighted by molar-refractivity contribution is 9.10. The maximum Gasteiger partial charge on any atom is 0.119 e. The molecular formula is C30H27BrN2. The average molecular weight is 495 g/mol. The molecule has 0 aliphatic carbocycles. The van der Waals surface area contributed by atoms with E-state index in [4.69, 9.17) is 0 Å². The first-order chi connectivity index (χ1) is 16.0. The second-order valence-corrected chi connectivity index (χ2v) is 9.61. The van der Waals surface area contributed by atoms with Crippen LogP contribution in [0.15, 0.2) is 102 Å². The number of anilines is 3. The van der Waals surface area contributed by atoms with Crippen LogP contribution in [0.5, 0.6) is 0 Å². The molecule has 164 valence electrons. The van der Waals surface area contributed by atoms with Crippen molar-refractivity contribution in [2.24, 2.45) is 0 Å². The molecule has 0 aliphatic heterocycles. The monoisotopic (exact) mass is 494 g/mol. The minimum Gasteiger partial charge on any atom is -0.322 e. The highest BCUT2D eigenvalue weighted by Crippen LogP contribution is 2.41. The van der Waals surface area contributed by atoms with E-state index in [1.54, 1.807) is 0 Å². The van der Waals surface area contributed by atoms with Crippen LogP contribution >= 0.6 is 15.9 Å². The van der Waals surface area contributed by atoms with E-state index in [0.717, 1.165) is 22.5 Å². The van der Waals surface area contributed by atoms with Crippen molar-refractivity contribution in [2.45, 2.75) is 27.3 Å². The summed E-state index contributed by atoms with van der Waals surface area (Å²) >= 11 is 3.64. The maximum atomic E-state index is 3.64. The van der Waals surface area contributed by atoms with Crippen LogP contribution in [0, 0.1) is 20.8 Å². The molecule has 0 spiro atoms. The van der Waals surface area contributed by atoms with Gasteiger partial charge in [0.2, 0.25) is 0 Å². The van der Waals surface area contributed by atoms with Crippen LogP contribution in [0.3, 0.4) is 0 Å². The predicted molar refractivity (Wildman–Crippen MR) is 144 cm³/mol. The van der Waals surface area contributed by atoms with Crippen molar-refractivity contribution < 1.29 is 0 Å². The average Bonchev–Trinajstić information content (AvgIpc) is 3.14. The molecule has 33 heavy (non-hydrogen) atoms. The lowest BCUT2D eigenvalue weighted by molar-refractivity contribution is 0.829. The summed E-state index contributed by atoms with van der Waals surface area (Å²) in [5.41, 5.74) is 8.73. The van der Waals surface area contributed by atoms with Gasteiger partial charge in [-0.3, -0.25) is 4.90 Å². The highest BCUT2D eigenvalue weighted by Gasteiger charge is 2.22. The van der Waals surface area contributed by atoms with Gasteiger partial charge in [-0.2, -0.15) is 0 Å². The predicted octanol–water partition coefficient (Wildman–Crippen LogP) is 8.85. The molecule has 0 aliphatic rings. The van der Waals surface area contributed by atoms with Crippen molar-refractivity contribution in [1.82, 2.24) is 4.57 Å². The highest BCUT2D eigenvalue weighted by atomic mass is 79.9. The van der Waals surface area contributed by atoms with Crippen LogP contribution < -0.4 is 4.90 Å². The quantitative estimate of drug-likeness (QED) is 0.236. The minimum atomic E-state index is 0.787. The molecule has 0 amide bonds. The Hall–Kier alpha value is -3.30. The molecule has 0 saturated carbocycles. The second-order valence-electron chi connectivity index (χ2n) is 8.70. The number of hydrogen-bond donors (Lipinski definition) is 0. The number of aromatic nitrogens is 1. The van der Waals surface area contributed by atoms with Crippen molar-refractivity contribution >= 4 is 44.0 Å². The first-order valence-corrected chi connectivity index (χ1v) is 12.1. The zero-order chi connectivity index (χ0) is 22.9. The Balaban J connectivity index is 1.79. The maximum absolute atomic E-state index is 3.64. The third-order valence-electron chi connectivity index (χ3n) is 6.12. The number of rotatable bonds is 5. The molecule has 0 bridgehead atoms. The topological polar surface area (TPSA) is 8.17 Å². The smallest absolute Gasteiger partial charge is 0.119 e. The van der Waals surface area contributed by atoms with Gasteiger partial charge >= 0.3 is 0 Å². The molecule has 0 atom stereocenters. The number of aryl methyl sites for hydroxylation is 3. The Morgan fingerprint density at radius 2 is 1.42 bits per heavy atom. The fourth-order valence-electron chi connectivity index (χ4n) is 4.84. The number of fused-ring (bicyclic) bond motifs is 1. The zero-order valence-corrected chi connectivity index (χ0v) is 20.8. The Morgan fingerprint density at radius 3 is 2.15 bits per heavy atom. The third-order valence-corrected chi connectivity index (χ3v) is 6.61. The third kappa shape index (κ3) is 4.21. The van der Waals surface area contributed by atoms with Crippen molar-refractivity contribution in [3.8, 4) is 0 Å². The molecule has 2 nitrogen and oxygen atoms in total. The number of benzene rings is 4. The van der Waals surface area contributed by atoms with E-state index < -0.39 is 0 Å². The van der Waals surface area contributed by atoms with Gasteiger partial charge in [0.1, 0.15) is 5.82 Å². The van der Waals surface area contributed by atoms with E-state index in [9.17, 15) is 0 Å². The van der Waals surface area contributed by atoms with Crippen LogP contribution in [0.2, 0.25) is 0 Å². The van der Waals surface area contributed by atoms with E-state index in [1.165, 1.54) is 38.8 Å². The van der Waals surface area contributed by atoms with E-state index in [1.807, 2.05) is 0 Å². The number of para-hydroxylation sites is 2. The van der Waals surface area contributed by atoms with Crippen molar-refractivity contribution in [3.05, 3.63) is 124 Å². The zero-order valence-electron chi connectivity index (χ0n) is 19.2. The number of halogens is 1. The molecule has 0 N–H and O–H groups in total. The van der Waals surface area contributed by atoms with Crippen molar-refractivity contribution in [1.29, 1.82) is 0 Å². The first kappa shape index (κ1) is 21.5. The van der Waals surface area contributed by atoms with Gasteiger partial charge in [0.05, 0.1) is 11.2 Å². The Morgan fingerprint density at radius 1 is 0.727 bits per heavy atom. The molecule has 0 fully saturated rings. The SMILES string of the molecule is Cc1cc(C)c(N(c2ccccc2)c2cc3ccccc3n2Cc2cccc(Br)c2)c(C)c1. The molecule has 0 radical (unpaired) electrons. The summed E-state index contributed by atoms with van der Waals surface area (Å²) in [5.74, 6) is 1.16. The second kappa shape index (κ2) is 8.92. The first-order valence-electron chi connectivity index (χ1n) is 11.3. The van der Waals surface area contributed by atoms with Gasteiger partial charge in [-0.15, -0.1) is 0 Å². The fourth-order valence-corrected chi connectivity index (χ4v) is 5.29. The van der Waals surface area contributed by atoms with E-state index >= 15 is 0 Å². The molecule has 1 aromatic heterocycles. The van der Waals surface area contributed by atoms with Gasteiger partial charge < -0.3 is 4.57 Å². The summed E-state index contributed by atoms with van der Waals surface area (Å²) in [6.07, 6.45) is 0. The lowest BCUT2D eigenvalue weighted by Gasteiger charge is -2.30. The standard InChI is InChI=1S/C30H27BrN2/c1-21-16-22(2)30(23(3)17-21)33(27-13-5-4-6-14-27)29-19-25-11-7-8-15-28(25)32(29)20-24-10-9-12-26(31)18-24/h4-19H,20H2,1-3H3. The summed E-state index contributed by atoms with van der Waals surface area (Å²) in [6.45, 7) is 7.38. The Labute approximate surface area is 204 Å². The van der Waals surface area contributed by atoms with Gasteiger partial charge in [-0.1, -0.05) is 82.2 Å². The summed E-state index contributed by atoms with van der Waals surface area (Å²) < 4.78 is 3.53. The molecular weight excluding hydrogens is 468 g/mol. The summed E-state index contributed by atoms with van der Waals surface area (Å²) in [5, 5.41) is 1.24. The fraction of sp³-hybridized carbons (Fsp3) is 0.133. The Kier molecular flexibility index (Phi) is 5.82. The molecule has 5 aromatic rings. The van der Waals surface area contributed by atoms with E-state index in [0.29, 0.717) is 0 Å². The number of hydrogen-bond acceptors (Lipinski definition) is 1. The molecule has 4 aromatic carbocycles. The largest absolute Gasteiger partial charge is 0.322 e. The molecule has 1 heterocycles. The van der Waals surface area contributed by atoms with E-state index in [-0.39, 0.29) is 0 Å². The van der Waals surface area contributed by atoms with Crippen molar-refractivity contribution in [3.63, 3.8) is 0 Å². The van der Waals surface area contributed by atoms with Crippen LogP contribution in [-0.2, 0) is 6.54 Å². The van der Waals surface area contributed by atoms with Crippen LogP contribution in [0.1, 0.15) is 22.3 Å². The normalized spacial score (nSPS) is 11.2. The van der Waals surface area contributed by atoms with Gasteiger partial charge in [0, 0.05) is 22.1 Å². The molecule has 3 heteroatoms. The summed E-state index contributed by atoms with van der Waals surface area (Å²) in [7, 11) is 0. The molecule has 5 rings (SSSR count). The van der Waals surface area contributed by atoms with Gasteiger partial charge in [-0.25, -0.2) is 0 Å². The van der Waals surface area contributed by atoms with Crippen molar-refractivity contribution in [2.75, 3.05) is 4.90 Å². The van der Waals surface area contributed by atoms with Gasteiger partial charge in [0.25, 0.3) is 0 Å². The molecule has 0 saturated heterocycles. The lowest BCUT2D eigenvalue weighted by atomic mass is 10.0. The van der Waals surface area contributed by atoms with Gasteiger partial charge in [0.15, 0.2) is 0 Å². The summed E-state index contributed by atoms with van der Waals surface area (Å²) in [4.78, 5) is 2.42. The lowest BCUT2D eigenvalue weighted by Crippen LogP contribution is -2.17. The minimum absolute atomic E-state index is 0.787. The van der Waals surface area contributed by atoms with Crippen LogP contribution in [0.4, 0.5) is 17.2 Å². The number of nitrogens with zero attached hydrogens (tertiary/aromatic N) is 2.